The normalized spacial score (nSPS) is 12.1. The molecule has 88 valence electrons. The van der Waals surface area contributed by atoms with Crippen molar-refractivity contribution in [3.63, 3.8) is 0 Å². The smallest absolute Gasteiger partial charge is 0.178 e. The summed E-state index contributed by atoms with van der Waals surface area (Å²) in [6.45, 7) is 5.31. The van der Waals surface area contributed by atoms with E-state index < -0.39 is 5.41 Å². The van der Waals surface area contributed by atoms with E-state index in [0.717, 1.165) is 0 Å². The van der Waals surface area contributed by atoms with E-state index in [1.54, 1.807) is 39.1 Å². The van der Waals surface area contributed by atoms with Gasteiger partial charge < -0.3 is 0 Å². The third kappa shape index (κ3) is 3.40. The quantitative estimate of drug-likeness (QED) is 0.459. The summed E-state index contributed by atoms with van der Waals surface area (Å²) in [5, 5.41) is 9.29. The maximum absolute atomic E-state index is 12.0. The fraction of sp³-hybridized carbons (Fsp3) is 0.308. The number of allylic oxidation sites excluding steroid dienone is 1. The fourth-order valence-electron chi connectivity index (χ4n) is 1.21. The van der Waals surface area contributed by atoms with Crippen molar-refractivity contribution in [1.82, 2.24) is 4.98 Å². The summed E-state index contributed by atoms with van der Waals surface area (Å²) >= 11 is 5.87. The lowest BCUT2D eigenvalue weighted by Crippen LogP contribution is -2.21. The maximum atomic E-state index is 12.0. The number of hydrogen-bond donors (Lipinski definition) is 0. The molecular formula is C13H13ClN2O. The molecule has 0 bridgehead atoms. The molecule has 0 fully saturated rings. The molecule has 0 spiro atoms. The average Bonchev–Trinajstić information content (AvgIpc) is 2.26. The summed E-state index contributed by atoms with van der Waals surface area (Å²) in [6, 6.07) is 5.32. The minimum atomic E-state index is -0.587. The number of pyridine rings is 1. The third-order valence-electron chi connectivity index (χ3n) is 2.13. The molecule has 0 saturated carbocycles. The first-order valence-electron chi connectivity index (χ1n) is 5.13. The third-order valence-corrected chi connectivity index (χ3v) is 2.45. The van der Waals surface area contributed by atoms with Gasteiger partial charge in [0.1, 0.15) is 11.2 Å². The minimum Gasteiger partial charge on any atom is -0.293 e. The summed E-state index contributed by atoms with van der Waals surface area (Å²) in [7, 11) is 0. The van der Waals surface area contributed by atoms with Crippen LogP contribution < -0.4 is 0 Å². The van der Waals surface area contributed by atoms with E-state index in [1.165, 1.54) is 6.08 Å². The molecule has 0 aliphatic carbocycles. The Labute approximate surface area is 106 Å². The summed E-state index contributed by atoms with van der Waals surface area (Å²) in [6.07, 6.45) is 3.03. The molecule has 1 aromatic rings. The Bertz CT molecular complexity index is 507. The molecule has 17 heavy (non-hydrogen) atoms. The number of aromatic nitrogens is 1. The molecule has 1 aromatic heterocycles. The molecule has 0 radical (unpaired) electrons. The molecule has 0 N–H and O–H groups in total. The Morgan fingerprint density at radius 2 is 2.18 bits per heavy atom. The zero-order chi connectivity index (χ0) is 13.1. The molecule has 0 aromatic carbocycles. The molecule has 4 heteroatoms. The van der Waals surface area contributed by atoms with Gasteiger partial charge in [0.2, 0.25) is 0 Å². The van der Waals surface area contributed by atoms with Crippen molar-refractivity contribution in [2.75, 3.05) is 0 Å². The van der Waals surface area contributed by atoms with Gasteiger partial charge in [0.05, 0.1) is 5.57 Å². The van der Waals surface area contributed by atoms with Gasteiger partial charge in [-0.15, -0.1) is 0 Å². The molecule has 0 aliphatic rings. The molecule has 0 aliphatic heterocycles. The van der Waals surface area contributed by atoms with Crippen LogP contribution in [0.2, 0.25) is 5.15 Å². The molecule has 0 amide bonds. The van der Waals surface area contributed by atoms with Crippen molar-refractivity contribution in [3.05, 3.63) is 34.6 Å². The SMILES string of the molecule is CC(C)(C)C(=O)/C(C#N)=C\c1cccnc1Cl. The number of carbonyl (C=O) groups excluding carboxylic acids is 1. The van der Waals surface area contributed by atoms with Crippen LogP contribution >= 0.6 is 11.6 Å². The van der Waals surface area contributed by atoms with Gasteiger partial charge in [-0.25, -0.2) is 4.98 Å². The second-order valence-corrected chi connectivity index (χ2v) is 4.99. The minimum absolute atomic E-state index is 0.0902. The largest absolute Gasteiger partial charge is 0.293 e. The van der Waals surface area contributed by atoms with E-state index in [0.29, 0.717) is 5.56 Å². The Hall–Kier alpha value is -1.66. The zero-order valence-electron chi connectivity index (χ0n) is 9.99. The second-order valence-electron chi connectivity index (χ2n) is 4.63. The van der Waals surface area contributed by atoms with Gasteiger partial charge in [0.15, 0.2) is 5.78 Å². The molecule has 1 rings (SSSR count). The van der Waals surface area contributed by atoms with Crippen molar-refractivity contribution in [3.8, 4) is 6.07 Å². The van der Waals surface area contributed by atoms with Crippen LogP contribution in [0.3, 0.4) is 0 Å². The van der Waals surface area contributed by atoms with Gasteiger partial charge in [-0.3, -0.25) is 4.79 Å². The highest BCUT2D eigenvalue weighted by atomic mass is 35.5. The van der Waals surface area contributed by atoms with Crippen LogP contribution in [0.4, 0.5) is 0 Å². The van der Waals surface area contributed by atoms with Crippen molar-refractivity contribution in [2.24, 2.45) is 5.41 Å². The van der Waals surface area contributed by atoms with Gasteiger partial charge in [-0.1, -0.05) is 38.4 Å². The molecule has 1 heterocycles. The first-order valence-corrected chi connectivity index (χ1v) is 5.51. The second kappa shape index (κ2) is 5.11. The summed E-state index contributed by atoms with van der Waals surface area (Å²) in [4.78, 5) is 15.8. The lowest BCUT2D eigenvalue weighted by atomic mass is 9.86. The van der Waals surface area contributed by atoms with E-state index in [9.17, 15) is 4.79 Å². The summed E-state index contributed by atoms with van der Waals surface area (Å²) in [5.41, 5.74) is 0.0756. The van der Waals surface area contributed by atoms with E-state index in [-0.39, 0.29) is 16.5 Å². The van der Waals surface area contributed by atoms with Gasteiger partial charge in [-0.05, 0) is 12.1 Å². The molecular weight excluding hydrogens is 236 g/mol. The van der Waals surface area contributed by atoms with Crippen LogP contribution in [-0.2, 0) is 4.79 Å². The average molecular weight is 249 g/mol. The van der Waals surface area contributed by atoms with E-state index in [2.05, 4.69) is 4.98 Å². The van der Waals surface area contributed by atoms with Crippen LogP contribution in [-0.4, -0.2) is 10.8 Å². The Morgan fingerprint density at radius 3 is 2.65 bits per heavy atom. The lowest BCUT2D eigenvalue weighted by Gasteiger charge is -2.15. The number of rotatable bonds is 2. The number of hydrogen-bond acceptors (Lipinski definition) is 3. The van der Waals surface area contributed by atoms with Crippen LogP contribution in [0.25, 0.3) is 6.08 Å². The number of ketones is 1. The first kappa shape index (κ1) is 13.4. The standard InChI is InChI=1S/C13H13ClN2O/c1-13(2,3)11(17)10(8-15)7-9-5-4-6-16-12(9)14/h4-7H,1-3H3/b10-7-. The van der Waals surface area contributed by atoms with Gasteiger partial charge >= 0.3 is 0 Å². The van der Waals surface area contributed by atoms with Crippen molar-refractivity contribution >= 4 is 23.5 Å². The van der Waals surface area contributed by atoms with Gasteiger partial charge in [0.25, 0.3) is 0 Å². The predicted octanol–water partition coefficient (Wildman–Crippen LogP) is 3.26. The molecule has 0 atom stereocenters. The Morgan fingerprint density at radius 1 is 1.53 bits per heavy atom. The van der Waals surface area contributed by atoms with E-state index >= 15 is 0 Å². The van der Waals surface area contributed by atoms with Crippen LogP contribution in [0.15, 0.2) is 23.9 Å². The van der Waals surface area contributed by atoms with E-state index in [1.807, 2.05) is 6.07 Å². The first-order chi connectivity index (χ1) is 7.86. The van der Waals surface area contributed by atoms with Gasteiger partial charge in [0, 0.05) is 17.2 Å². The molecule has 0 unspecified atom stereocenters. The summed E-state index contributed by atoms with van der Waals surface area (Å²) in [5.74, 6) is -0.208. The maximum Gasteiger partial charge on any atom is 0.178 e. The van der Waals surface area contributed by atoms with Gasteiger partial charge in [-0.2, -0.15) is 5.26 Å². The lowest BCUT2D eigenvalue weighted by molar-refractivity contribution is -0.121. The molecule has 0 saturated heterocycles. The van der Waals surface area contributed by atoms with Crippen LogP contribution in [0.1, 0.15) is 26.3 Å². The monoisotopic (exact) mass is 248 g/mol. The topological polar surface area (TPSA) is 53.8 Å². The predicted molar refractivity (Wildman–Crippen MR) is 67.3 cm³/mol. The van der Waals surface area contributed by atoms with E-state index in [4.69, 9.17) is 16.9 Å². The highest BCUT2D eigenvalue weighted by Gasteiger charge is 2.25. The highest BCUT2D eigenvalue weighted by Crippen LogP contribution is 2.22. The van der Waals surface area contributed by atoms with Crippen LogP contribution in [0.5, 0.6) is 0 Å². The summed E-state index contributed by atoms with van der Waals surface area (Å²) < 4.78 is 0. The Balaban J connectivity index is 3.18. The fourth-order valence-corrected chi connectivity index (χ4v) is 1.39. The number of nitrogens with zero attached hydrogens (tertiary/aromatic N) is 2. The zero-order valence-corrected chi connectivity index (χ0v) is 10.7. The van der Waals surface area contributed by atoms with Crippen LogP contribution in [0, 0.1) is 16.7 Å². The van der Waals surface area contributed by atoms with Crippen molar-refractivity contribution in [2.45, 2.75) is 20.8 Å². The molecule has 3 nitrogen and oxygen atoms in total. The number of Topliss-reactive ketones (excluding diaryl/α,β-unsaturated/α-hetero) is 1. The Kier molecular flexibility index (Phi) is 4.03. The van der Waals surface area contributed by atoms with Crippen molar-refractivity contribution < 1.29 is 4.79 Å². The highest BCUT2D eigenvalue weighted by molar-refractivity contribution is 6.31. The number of nitriles is 1. The number of halogens is 1. The number of carbonyl (C=O) groups is 1. The van der Waals surface area contributed by atoms with Crippen molar-refractivity contribution in [1.29, 1.82) is 5.26 Å².